The lowest BCUT2D eigenvalue weighted by molar-refractivity contribution is -0.187. The lowest BCUT2D eigenvalue weighted by Gasteiger charge is -2.32. The minimum Gasteiger partial charge on any atom is -0.347 e. The molecule has 1 spiro atoms. The SMILES string of the molecule is O=C1CCC(CCC2COC3(CCCCC3)O2)CC1. The predicted octanol–water partition coefficient (Wildman–Crippen LogP) is 3.60. The molecule has 0 radical (unpaired) electrons. The average molecular weight is 266 g/mol. The molecule has 0 aromatic rings. The van der Waals surface area contributed by atoms with Crippen LogP contribution in [0.4, 0.5) is 0 Å². The van der Waals surface area contributed by atoms with E-state index in [9.17, 15) is 4.79 Å². The lowest BCUT2D eigenvalue weighted by atomic mass is 9.85. The molecule has 108 valence electrons. The summed E-state index contributed by atoms with van der Waals surface area (Å²) < 4.78 is 12.2. The Morgan fingerprint density at radius 3 is 2.53 bits per heavy atom. The van der Waals surface area contributed by atoms with Gasteiger partial charge >= 0.3 is 0 Å². The number of rotatable bonds is 3. The van der Waals surface area contributed by atoms with E-state index in [0.717, 1.165) is 57.5 Å². The van der Waals surface area contributed by atoms with Crippen molar-refractivity contribution in [3.8, 4) is 0 Å². The van der Waals surface area contributed by atoms with Crippen LogP contribution in [0.1, 0.15) is 70.6 Å². The molecule has 3 rings (SSSR count). The number of carbonyl (C=O) groups excluding carboxylic acids is 1. The Balaban J connectivity index is 1.41. The van der Waals surface area contributed by atoms with Crippen LogP contribution >= 0.6 is 0 Å². The van der Waals surface area contributed by atoms with E-state index in [4.69, 9.17) is 9.47 Å². The molecule has 0 N–H and O–H groups in total. The van der Waals surface area contributed by atoms with Gasteiger partial charge in [0.15, 0.2) is 5.79 Å². The van der Waals surface area contributed by atoms with Gasteiger partial charge in [-0.05, 0) is 44.4 Å². The highest BCUT2D eigenvalue weighted by atomic mass is 16.7. The van der Waals surface area contributed by atoms with Crippen molar-refractivity contribution in [2.75, 3.05) is 6.61 Å². The fourth-order valence-electron chi connectivity index (χ4n) is 3.82. The second kappa shape index (κ2) is 5.92. The summed E-state index contributed by atoms with van der Waals surface area (Å²) in [5, 5.41) is 0. The van der Waals surface area contributed by atoms with Gasteiger partial charge < -0.3 is 9.47 Å². The number of ketones is 1. The first-order valence-corrected chi connectivity index (χ1v) is 8.09. The van der Waals surface area contributed by atoms with E-state index in [1.165, 1.54) is 25.7 Å². The van der Waals surface area contributed by atoms with Gasteiger partial charge in [0.25, 0.3) is 0 Å². The van der Waals surface area contributed by atoms with E-state index in [0.29, 0.717) is 11.9 Å². The monoisotopic (exact) mass is 266 g/mol. The molecule has 2 saturated carbocycles. The number of carbonyl (C=O) groups is 1. The summed E-state index contributed by atoms with van der Waals surface area (Å²) in [6.45, 7) is 0.783. The maximum Gasteiger partial charge on any atom is 0.168 e. The molecular weight excluding hydrogens is 240 g/mol. The maximum atomic E-state index is 11.2. The molecular formula is C16H26O3. The van der Waals surface area contributed by atoms with Crippen LogP contribution in [-0.2, 0) is 14.3 Å². The first kappa shape index (κ1) is 13.6. The Labute approximate surface area is 116 Å². The molecule has 1 aliphatic heterocycles. The highest BCUT2D eigenvalue weighted by molar-refractivity contribution is 5.78. The van der Waals surface area contributed by atoms with Crippen molar-refractivity contribution in [1.29, 1.82) is 0 Å². The van der Waals surface area contributed by atoms with Crippen LogP contribution < -0.4 is 0 Å². The van der Waals surface area contributed by atoms with Gasteiger partial charge in [-0.15, -0.1) is 0 Å². The van der Waals surface area contributed by atoms with Crippen molar-refractivity contribution >= 4 is 5.78 Å². The van der Waals surface area contributed by atoms with Gasteiger partial charge in [0.1, 0.15) is 5.78 Å². The van der Waals surface area contributed by atoms with E-state index in [2.05, 4.69) is 0 Å². The summed E-state index contributed by atoms with van der Waals surface area (Å²) >= 11 is 0. The van der Waals surface area contributed by atoms with Crippen molar-refractivity contribution in [1.82, 2.24) is 0 Å². The van der Waals surface area contributed by atoms with Crippen molar-refractivity contribution in [2.24, 2.45) is 5.92 Å². The third kappa shape index (κ3) is 3.38. The van der Waals surface area contributed by atoms with Crippen LogP contribution in [-0.4, -0.2) is 24.3 Å². The second-order valence-corrected chi connectivity index (χ2v) is 6.58. The number of hydrogen-bond donors (Lipinski definition) is 0. The van der Waals surface area contributed by atoms with Crippen LogP contribution in [0.25, 0.3) is 0 Å². The summed E-state index contributed by atoms with van der Waals surface area (Å²) in [7, 11) is 0. The van der Waals surface area contributed by atoms with Gasteiger partial charge in [0.05, 0.1) is 12.7 Å². The van der Waals surface area contributed by atoms with Crippen molar-refractivity contribution < 1.29 is 14.3 Å². The summed E-state index contributed by atoms with van der Waals surface area (Å²) in [4.78, 5) is 11.2. The standard InChI is InChI=1S/C16H26O3/c17-14-7-4-13(5-8-14)6-9-15-12-18-16(19-15)10-2-1-3-11-16/h13,15H,1-12H2. The van der Waals surface area contributed by atoms with Crippen LogP contribution in [0.2, 0.25) is 0 Å². The summed E-state index contributed by atoms with van der Waals surface area (Å²) in [5.74, 6) is 0.980. The highest BCUT2D eigenvalue weighted by Crippen LogP contribution is 2.39. The van der Waals surface area contributed by atoms with Crippen LogP contribution in [0, 0.1) is 5.92 Å². The molecule has 1 saturated heterocycles. The zero-order valence-electron chi connectivity index (χ0n) is 11.9. The fourth-order valence-corrected chi connectivity index (χ4v) is 3.82. The molecule has 1 atom stereocenters. The maximum absolute atomic E-state index is 11.2. The van der Waals surface area contributed by atoms with Gasteiger partial charge in [-0.2, -0.15) is 0 Å². The van der Waals surface area contributed by atoms with Crippen molar-refractivity contribution in [3.05, 3.63) is 0 Å². The minimum atomic E-state index is -0.217. The third-order valence-electron chi connectivity index (χ3n) is 5.09. The Kier molecular flexibility index (Phi) is 4.23. The normalized spacial score (nSPS) is 32.0. The van der Waals surface area contributed by atoms with Gasteiger partial charge in [-0.1, -0.05) is 6.42 Å². The van der Waals surface area contributed by atoms with E-state index in [-0.39, 0.29) is 5.79 Å². The molecule has 2 aliphatic carbocycles. The van der Waals surface area contributed by atoms with Gasteiger partial charge in [-0.25, -0.2) is 0 Å². The summed E-state index contributed by atoms with van der Waals surface area (Å²) in [5.41, 5.74) is 0. The van der Waals surface area contributed by atoms with Crippen LogP contribution in [0.5, 0.6) is 0 Å². The smallest absolute Gasteiger partial charge is 0.168 e. The first-order valence-electron chi connectivity index (χ1n) is 8.09. The van der Waals surface area contributed by atoms with Crippen molar-refractivity contribution in [2.45, 2.75) is 82.5 Å². The molecule has 1 unspecified atom stereocenters. The third-order valence-corrected chi connectivity index (χ3v) is 5.09. The summed E-state index contributed by atoms with van der Waals surface area (Å²) in [6, 6.07) is 0. The van der Waals surface area contributed by atoms with E-state index < -0.39 is 0 Å². The van der Waals surface area contributed by atoms with E-state index in [1.807, 2.05) is 0 Å². The lowest BCUT2D eigenvalue weighted by Crippen LogP contribution is -2.33. The fraction of sp³-hybridized carbons (Fsp3) is 0.938. The molecule has 3 nitrogen and oxygen atoms in total. The zero-order chi connectivity index (χ0) is 13.1. The van der Waals surface area contributed by atoms with E-state index >= 15 is 0 Å². The molecule has 1 heterocycles. The second-order valence-electron chi connectivity index (χ2n) is 6.58. The highest BCUT2D eigenvalue weighted by Gasteiger charge is 2.42. The van der Waals surface area contributed by atoms with Crippen molar-refractivity contribution in [3.63, 3.8) is 0 Å². The topological polar surface area (TPSA) is 35.5 Å². The molecule has 0 aromatic heterocycles. The Bertz CT molecular complexity index is 310. The molecule has 0 bridgehead atoms. The Morgan fingerprint density at radius 1 is 1.05 bits per heavy atom. The number of hydrogen-bond acceptors (Lipinski definition) is 3. The summed E-state index contributed by atoms with van der Waals surface area (Å²) in [6.07, 6.45) is 12.4. The molecule has 3 heteroatoms. The van der Waals surface area contributed by atoms with Crippen LogP contribution in [0.15, 0.2) is 0 Å². The Morgan fingerprint density at radius 2 is 1.79 bits per heavy atom. The molecule has 3 fully saturated rings. The van der Waals surface area contributed by atoms with Gasteiger partial charge in [0.2, 0.25) is 0 Å². The number of ether oxygens (including phenoxy) is 2. The molecule has 0 aromatic carbocycles. The minimum absolute atomic E-state index is 0.217. The molecule has 0 amide bonds. The Hall–Kier alpha value is -0.410. The zero-order valence-corrected chi connectivity index (χ0v) is 11.9. The average Bonchev–Trinajstić information content (AvgIpc) is 2.82. The van der Waals surface area contributed by atoms with E-state index in [1.54, 1.807) is 0 Å². The van der Waals surface area contributed by atoms with Crippen LogP contribution in [0.3, 0.4) is 0 Å². The molecule has 3 aliphatic rings. The largest absolute Gasteiger partial charge is 0.347 e. The van der Waals surface area contributed by atoms with Gasteiger partial charge in [0, 0.05) is 25.7 Å². The molecule has 19 heavy (non-hydrogen) atoms. The quantitative estimate of drug-likeness (QED) is 0.783. The first-order chi connectivity index (χ1) is 9.26. The predicted molar refractivity (Wildman–Crippen MR) is 72.8 cm³/mol. The number of Topliss-reactive ketones (excluding diaryl/α,β-unsaturated/α-hetero) is 1. The van der Waals surface area contributed by atoms with Gasteiger partial charge in [-0.3, -0.25) is 4.79 Å².